The van der Waals surface area contributed by atoms with E-state index in [4.69, 9.17) is 11.6 Å². The zero-order valence-corrected chi connectivity index (χ0v) is 7.34. The number of rotatable bonds is 0. The van der Waals surface area contributed by atoms with Gasteiger partial charge in [0.05, 0.1) is 0 Å². The summed E-state index contributed by atoms with van der Waals surface area (Å²) in [5.41, 5.74) is 2.52. The molecule has 0 spiro atoms. The van der Waals surface area contributed by atoms with Gasteiger partial charge in [-0.05, 0) is 24.6 Å². The molecule has 3 nitrogen and oxygen atoms in total. The fourth-order valence-corrected chi connectivity index (χ4v) is 1.38. The molecule has 0 aliphatic carbocycles. The Labute approximate surface area is 74.4 Å². The Balaban J connectivity index is 2.95. The lowest BCUT2D eigenvalue weighted by molar-refractivity contribution is -0.589. The topological polar surface area (TPSA) is 31.2 Å². The molecule has 0 radical (unpaired) electrons. The van der Waals surface area contributed by atoms with E-state index in [0.717, 1.165) is 11.1 Å². The first-order valence-electron chi connectivity index (χ1n) is 3.51. The van der Waals surface area contributed by atoms with Crippen molar-refractivity contribution in [3.8, 4) is 0 Å². The molecule has 1 aliphatic rings. The molecule has 60 valence electrons. The Morgan fingerprint density at radius 3 is 3.08 bits per heavy atom. The number of hydrogen-bond acceptors (Lipinski definition) is 2. The van der Waals surface area contributed by atoms with E-state index < -0.39 is 0 Å². The summed E-state index contributed by atoms with van der Waals surface area (Å²) in [5.74, 6) is 0. The van der Waals surface area contributed by atoms with Gasteiger partial charge >= 0.3 is 5.49 Å². The highest BCUT2D eigenvalue weighted by atomic mass is 35.5. The summed E-state index contributed by atoms with van der Waals surface area (Å²) in [6.45, 7) is 5.65. The Kier molecular flexibility index (Phi) is 1.48. The van der Waals surface area contributed by atoms with Crippen LogP contribution in [0.25, 0.3) is 0 Å². The van der Waals surface area contributed by atoms with Crippen molar-refractivity contribution in [2.45, 2.75) is 6.92 Å². The number of nitrogens with zero attached hydrogens (tertiary/aromatic N) is 3. The summed E-state index contributed by atoms with van der Waals surface area (Å²) in [7, 11) is 0. The average Bonchev–Trinajstić information content (AvgIpc) is 2.29. The normalized spacial score (nSPS) is 13.7. The van der Waals surface area contributed by atoms with Gasteiger partial charge in [-0.25, -0.2) is 0 Å². The third kappa shape index (κ3) is 1.02. The molecule has 0 bridgehead atoms. The van der Waals surface area contributed by atoms with E-state index in [9.17, 15) is 0 Å². The fourth-order valence-electron chi connectivity index (χ4n) is 1.14. The number of halogens is 1. The van der Waals surface area contributed by atoms with Crippen LogP contribution in [0.15, 0.2) is 23.3 Å². The van der Waals surface area contributed by atoms with Crippen molar-refractivity contribution in [3.63, 3.8) is 0 Å². The molecule has 0 aromatic carbocycles. The van der Waals surface area contributed by atoms with Crippen LogP contribution in [0.3, 0.4) is 0 Å². The molecule has 1 aromatic heterocycles. The minimum Gasteiger partial charge on any atom is -0.0955 e. The molecule has 0 atom stereocenters. The lowest BCUT2D eigenvalue weighted by atomic mass is 10.3. The summed E-state index contributed by atoms with van der Waals surface area (Å²) >= 11 is 5.75. The summed E-state index contributed by atoms with van der Waals surface area (Å²) in [6, 6.07) is 1.78. The monoisotopic (exact) mass is 180 g/mol. The molecule has 12 heavy (non-hydrogen) atoms. The molecular formula is C8H7ClN3+. The van der Waals surface area contributed by atoms with Gasteiger partial charge < -0.3 is 0 Å². The Morgan fingerprint density at radius 1 is 1.58 bits per heavy atom. The van der Waals surface area contributed by atoms with E-state index >= 15 is 0 Å². The van der Waals surface area contributed by atoms with Crippen LogP contribution in [0.2, 0.25) is 5.15 Å². The van der Waals surface area contributed by atoms with Crippen LogP contribution < -0.4 is 9.85 Å². The molecule has 0 unspecified atom stereocenters. The van der Waals surface area contributed by atoms with Gasteiger partial charge in [-0.3, -0.25) is 0 Å². The van der Waals surface area contributed by atoms with E-state index in [1.807, 2.05) is 6.92 Å². The smallest absolute Gasteiger partial charge is 0.0955 e. The summed E-state index contributed by atoms with van der Waals surface area (Å²) in [5, 5.41) is 4.51. The third-order valence-corrected chi connectivity index (χ3v) is 1.81. The highest BCUT2D eigenvalue weighted by molar-refractivity contribution is 6.29. The van der Waals surface area contributed by atoms with Crippen molar-refractivity contribution >= 4 is 11.6 Å². The van der Waals surface area contributed by atoms with Crippen LogP contribution in [0, 0.1) is 13.1 Å². The Hall–Kier alpha value is -1.22. The van der Waals surface area contributed by atoms with Crippen LogP contribution >= 0.6 is 11.6 Å². The predicted octanol–water partition coefficient (Wildman–Crippen LogP) is 0.488. The van der Waals surface area contributed by atoms with Crippen LogP contribution in [0.4, 0.5) is 0 Å². The highest BCUT2D eigenvalue weighted by Crippen LogP contribution is 2.01. The first-order valence-corrected chi connectivity index (χ1v) is 3.89. The highest BCUT2D eigenvalue weighted by Gasteiger charge is 2.13. The van der Waals surface area contributed by atoms with E-state index in [0.29, 0.717) is 10.9 Å². The predicted molar refractivity (Wildman–Crippen MR) is 44.2 cm³/mol. The van der Waals surface area contributed by atoms with E-state index in [2.05, 4.69) is 16.7 Å². The SMILES string of the molecule is C=C1C=[n+]2nc(Cl)cc(C)c2=N1. The second kappa shape index (κ2) is 2.38. The first-order chi connectivity index (χ1) is 5.66. The van der Waals surface area contributed by atoms with Gasteiger partial charge in [-0.1, -0.05) is 21.1 Å². The number of allylic oxidation sites excluding steroid dienone is 1. The minimum absolute atomic E-state index is 0.470. The zero-order chi connectivity index (χ0) is 8.72. The molecule has 2 rings (SSSR count). The minimum atomic E-state index is 0.470. The van der Waals surface area contributed by atoms with Crippen molar-refractivity contribution in [3.05, 3.63) is 40.8 Å². The maximum absolute atomic E-state index is 5.75. The second-order valence-corrected chi connectivity index (χ2v) is 3.04. The van der Waals surface area contributed by atoms with Crippen molar-refractivity contribution in [1.82, 2.24) is 5.10 Å². The van der Waals surface area contributed by atoms with Crippen molar-refractivity contribution in [1.29, 1.82) is 0 Å². The van der Waals surface area contributed by atoms with Crippen LogP contribution in [-0.4, -0.2) is 5.10 Å². The number of fused-ring (bicyclic) bond motifs is 1. The molecule has 1 aliphatic heterocycles. The van der Waals surface area contributed by atoms with Crippen molar-refractivity contribution < 1.29 is 4.36 Å². The first kappa shape index (κ1) is 7.43. The van der Waals surface area contributed by atoms with Crippen molar-refractivity contribution in [2.75, 3.05) is 0 Å². The Morgan fingerprint density at radius 2 is 2.33 bits per heavy atom. The molecule has 0 saturated carbocycles. The lowest BCUT2D eigenvalue weighted by Gasteiger charge is -1.85. The fraction of sp³-hybridized carbons (Fsp3) is 0.125. The molecule has 2 heterocycles. The largest absolute Gasteiger partial charge is 0.352 e. The van der Waals surface area contributed by atoms with Gasteiger partial charge in [-0.15, -0.1) is 0 Å². The van der Waals surface area contributed by atoms with E-state index in [-0.39, 0.29) is 0 Å². The number of aromatic nitrogens is 2. The molecular weight excluding hydrogens is 174 g/mol. The number of hydrogen-bond donors (Lipinski definition) is 0. The van der Waals surface area contributed by atoms with Crippen LogP contribution in [0.1, 0.15) is 5.56 Å². The second-order valence-electron chi connectivity index (χ2n) is 2.65. The average molecular weight is 181 g/mol. The summed E-state index contributed by atoms with van der Waals surface area (Å²) in [6.07, 6.45) is 1.74. The molecule has 0 fully saturated rings. The zero-order valence-electron chi connectivity index (χ0n) is 6.58. The third-order valence-electron chi connectivity index (χ3n) is 1.63. The van der Waals surface area contributed by atoms with Gasteiger partial charge in [-0.2, -0.15) is 0 Å². The van der Waals surface area contributed by atoms with Gasteiger partial charge in [0, 0.05) is 5.56 Å². The molecule has 0 N–H and O–H groups in total. The molecule has 0 amide bonds. The van der Waals surface area contributed by atoms with Crippen LogP contribution in [-0.2, 0) is 0 Å². The quantitative estimate of drug-likeness (QED) is 0.535. The maximum atomic E-state index is 5.75. The van der Waals surface area contributed by atoms with Gasteiger partial charge in [0.2, 0.25) is 5.70 Å². The molecule has 0 saturated heterocycles. The van der Waals surface area contributed by atoms with E-state index in [1.165, 1.54) is 0 Å². The summed E-state index contributed by atoms with van der Waals surface area (Å²) in [4.78, 5) is 4.18. The van der Waals surface area contributed by atoms with E-state index in [1.54, 1.807) is 16.6 Å². The van der Waals surface area contributed by atoms with Gasteiger partial charge in [0.15, 0.2) is 11.4 Å². The molecule has 1 aromatic rings. The van der Waals surface area contributed by atoms with Crippen LogP contribution in [0.5, 0.6) is 0 Å². The standard InChI is InChI=1S/C8H7ClN3/c1-5-3-7(9)11-12-4-6(2)10-8(5)12/h3-4H,2H2,1H3/q+1. The molecule has 4 heteroatoms. The van der Waals surface area contributed by atoms with Gasteiger partial charge in [0.1, 0.15) is 0 Å². The maximum Gasteiger partial charge on any atom is 0.352 e. The van der Waals surface area contributed by atoms with Gasteiger partial charge in [0.25, 0.3) is 0 Å². The Bertz CT molecular complexity index is 476. The van der Waals surface area contributed by atoms with Crippen molar-refractivity contribution in [2.24, 2.45) is 4.99 Å². The number of aryl methyl sites for hydroxylation is 1. The summed E-state index contributed by atoms with van der Waals surface area (Å²) < 4.78 is 1.64. The lowest BCUT2D eigenvalue weighted by Crippen LogP contribution is -2.39.